The summed E-state index contributed by atoms with van der Waals surface area (Å²) >= 11 is 0. The highest BCUT2D eigenvalue weighted by Gasteiger charge is 2.75. The Balaban J connectivity index is 1.38. The normalized spacial score (nSPS) is 51.3. The summed E-state index contributed by atoms with van der Waals surface area (Å²) in [6.07, 6.45) is 17.4. The first-order chi connectivity index (χ1) is 14.1. The van der Waals surface area contributed by atoms with E-state index >= 15 is 0 Å². The van der Waals surface area contributed by atoms with Gasteiger partial charge in [-0.3, -0.25) is 0 Å². The van der Waals surface area contributed by atoms with Crippen LogP contribution in [0.1, 0.15) is 112 Å². The van der Waals surface area contributed by atoms with Crippen LogP contribution in [0.2, 0.25) is 0 Å². The first-order valence-electron chi connectivity index (χ1n) is 13.5. The second-order valence-electron chi connectivity index (χ2n) is 13.6. The fourth-order valence-corrected chi connectivity index (χ4v) is 9.75. The van der Waals surface area contributed by atoms with Crippen LogP contribution in [0.3, 0.4) is 0 Å². The van der Waals surface area contributed by atoms with E-state index in [0.29, 0.717) is 21.7 Å². The number of aliphatic hydroxyl groups excluding tert-OH is 1. The highest BCUT2D eigenvalue weighted by molar-refractivity contribution is 5.41. The largest absolute Gasteiger partial charge is 0.393 e. The molecule has 5 aliphatic rings. The summed E-state index contributed by atoms with van der Waals surface area (Å²) < 4.78 is 0. The van der Waals surface area contributed by atoms with Crippen LogP contribution in [-0.2, 0) is 0 Å². The minimum atomic E-state index is -0.0211. The van der Waals surface area contributed by atoms with E-state index in [0.717, 1.165) is 42.4 Å². The van der Waals surface area contributed by atoms with E-state index < -0.39 is 0 Å². The molecule has 5 rings (SSSR count). The fraction of sp³-hybridized carbons (Fsp3) is 0.931. The lowest BCUT2D eigenvalue weighted by Crippen LogP contribution is -2.50. The Morgan fingerprint density at radius 3 is 2.47 bits per heavy atom. The molecule has 4 fully saturated rings. The molecule has 0 aromatic carbocycles. The SMILES string of the molecule is CC(C)[C@@H](C)CC[C@@H](C)[C@H]1CC[C@@]2(C)[C@@H]3CC[C@]45C[C@H](O)CC[C@]4(C5)C3=CC[C@]12C. The number of hydrogen-bond donors (Lipinski definition) is 1. The number of allylic oxidation sites excluding steroid dienone is 2. The van der Waals surface area contributed by atoms with E-state index in [1.54, 1.807) is 0 Å². The molecule has 0 aromatic heterocycles. The molecule has 1 N–H and O–H groups in total. The molecular formula is C29H48O. The third kappa shape index (κ3) is 2.69. The zero-order valence-corrected chi connectivity index (χ0v) is 20.8. The van der Waals surface area contributed by atoms with Gasteiger partial charge in [0.1, 0.15) is 0 Å². The molecule has 4 saturated carbocycles. The summed E-state index contributed by atoms with van der Waals surface area (Å²) in [4.78, 5) is 0. The number of hydrogen-bond acceptors (Lipinski definition) is 1. The number of rotatable bonds is 5. The van der Waals surface area contributed by atoms with Gasteiger partial charge in [-0.05, 0) is 109 Å². The van der Waals surface area contributed by atoms with Gasteiger partial charge in [0.2, 0.25) is 0 Å². The van der Waals surface area contributed by atoms with E-state index in [1.807, 2.05) is 5.57 Å². The van der Waals surface area contributed by atoms with Crippen LogP contribution in [0.15, 0.2) is 11.6 Å². The molecule has 0 radical (unpaired) electrons. The molecule has 0 heterocycles. The Hall–Kier alpha value is -0.300. The van der Waals surface area contributed by atoms with Crippen molar-refractivity contribution < 1.29 is 5.11 Å². The molecule has 1 nitrogen and oxygen atoms in total. The summed E-state index contributed by atoms with van der Waals surface area (Å²) in [6, 6.07) is 0. The number of aliphatic hydroxyl groups is 1. The monoisotopic (exact) mass is 412 g/mol. The summed E-state index contributed by atoms with van der Waals surface area (Å²) in [5.74, 6) is 4.26. The Morgan fingerprint density at radius 2 is 1.73 bits per heavy atom. The summed E-state index contributed by atoms with van der Waals surface area (Å²) in [6.45, 7) is 15.2. The second-order valence-corrected chi connectivity index (χ2v) is 13.6. The van der Waals surface area contributed by atoms with Gasteiger partial charge in [-0.1, -0.05) is 66.0 Å². The van der Waals surface area contributed by atoms with E-state index in [9.17, 15) is 5.11 Å². The molecule has 0 spiro atoms. The molecule has 1 heteroatoms. The quantitative estimate of drug-likeness (QED) is 0.457. The molecule has 170 valence electrons. The summed E-state index contributed by atoms with van der Waals surface area (Å²) in [5.41, 5.74) is 3.88. The lowest BCUT2D eigenvalue weighted by Gasteiger charge is -2.58. The van der Waals surface area contributed by atoms with E-state index in [1.165, 1.54) is 57.8 Å². The lowest BCUT2D eigenvalue weighted by atomic mass is 9.47. The van der Waals surface area contributed by atoms with Gasteiger partial charge in [0, 0.05) is 0 Å². The van der Waals surface area contributed by atoms with Crippen molar-refractivity contribution in [3.63, 3.8) is 0 Å². The van der Waals surface area contributed by atoms with Crippen LogP contribution in [0, 0.1) is 51.2 Å². The Morgan fingerprint density at radius 1 is 0.967 bits per heavy atom. The molecule has 0 unspecified atom stereocenters. The molecule has 5 aliphatic carbocycles. The van der Waals surface area contributed by atoms with Gasteiger partial charge >= 0.3 is 0 Å². The van der Waals surface area contributed by atoms with Crippen molar-refractivity contribution in [3.8, 4) is 0 Å². The third-order valence-corrected chi connectivity index (χ3v) is 12.4. The van der Waals surface area contributed by atoms with Gasteiger partial charge in [-0.25, -0.2) is 0 Å². The minimum absolute atomic E-state index is 0.0211. The maximum absolute atomic E-state index is 10.4. The molecule has 0 aromatic rings. The van der Waals surface area contributed by atoms with Crippen LogP contribution in [0.4, 0.5) is 0 Å². The van der Waals surface area contributed by atoms with E-state index in [2.05, 4.69) is 47.6 Å². The van der Waals surface area contributed by atoms with Crippen molar-refractivity contribution in [2.45, 2.75) is 118 Å². The third-order valence-electron chi connectivity index (χ3n) is 12.4. The molecule has 0 saturated heterocycles. The fourth-order valence-electron chi connectivity index (χ4n) is 9.75. The Kier molecular flexibility index (Phi) is 4.92. The smallest absolute Gasteiger partial charge is 0.0546 e. The molecule has 0 bridgehead atoms. The maximum atomic E-state index is 10.4. The Labute approximate surface area is 186 Å². The van der Waals surface area contributed by atoms with Crippen LogP contribution < -0.4 is 0 Å². The van der Waals surface area contributed by atoms with Crippen LogP contribution in [0.25, 0.3) is 0 Å². The van der Waals surface area contributed by atoms with Gasteiger partial charge in [0.15, 0.2) is 0 Å². The van der Waals surface area contributed by atoms with Crippen molar-refractivity contribution >= 4 is 0 Å². The lowest BCUT2D eigenvalue weighted by molar-refractivity contribution is -0.0342. The second kappa shape index (κ2) is 6.85. The minimum Gasteiger partial charge on any atom is -0.393 e. The molecule has 9 atom stereocenters. The van der Waals surface area contributed by atoms with Crippen LogP contribution in [0.5, 0.6) is 0 Å². The van der Waals surface area contributed by atoms with Gasteiger partial charge < -0.3 is 5.11 Å². The standard InChI is InChI=1S/C29H48O/c1-19(2)20(3)7-8-21(4)23-10-13-27(6)24-12-15-28-17-22(30)9-16-29(28,18-28)25(24)11-14-26(23,27)5/h11,19-24,30H,7-10,12-18H2,1-6H3/t20-,21+,22+,23+,24+,26+,27-,28+,29-/m0/s1. The zero-order valence-electron chi connectivity index (χ0n) is 20.8. The first-order valence-corrected chi connectivity index (χ1v) is 13.5. The highest BCUT2D eigenvalue weighted by Crippen LogP contribution is 2.83. The van der Waals surface area contributed by atoms with Gasteiger partial charge in [-0.15, -0.1) is 0 Å². The predicted molar refractivity (Wildman–Crippen MR) is 126 cm³/mol. The maximum Gasteiger partial charge on any atom is 0.0546 e. The average molecular weight is 413 g/mol. The summed E-state index contributed by atoms with van der Waals surface area (Å²) in [7, 11) is 0. The summed E-state index contributed by atoms with van der Waals surface area (Å²) in [5, 5.41) is 10.4. The van der Waals surface area contributed by atoms with E-state index in [-0.39, 0.29) is 6.10 Å². The number of fused-ring (bicyclic) bond motifs is 3. The topological polar surface area (TPSA) is 20.2 Å². The van der Waals surface area contributed by atoms with Gasteiger partial charge in [0.05, 0.1) is 6.10 Å². The molecule has 30 heavy (non-hydrogen) atoms. The van der Waals surface area contributed by atoms with E-state index in [4.69, 9.17) is 0 Å². The molecule has 0 amide bonds. The molecular weight excluding hydrogens is 364 g/mol. The van der Waals surface area contributed by atoms with Crippen molar-refractivity contribution in [2.24, 2.45) is 51.2 Å². The van der Waals surface area contributed by atoms with Gasteiger partial charge in [0.25, 0.3) is 0 Å². The van der Waals surface area contributed by atoms with Crippen molar-refractivity contribution in [3.05, 3.63) is 11.6 Å². The van der Waals surface area contributed by atoms with Crippen molar-refractivity contribution in [2.75, 3.05) is 0 Å². The zero-order chi connectivity index (χ0) is 21.5. The average Bonchev–Trinajstić information content (AvgIpc) is 3.30. The first kappa shape index (κ1) is 21.5. The van der Waals surface area contributed by atoms with Crippen LogP contribution in [-0.4, -0.2) is 11.2 Å². The van der Waals surface area contributed by atoms with Crippen molar-refractivity contribution in [1.82, 2.24) is 0 Å². The molecule has 0 aliphatic heterocycles. The van der Waals surface area contributed by atoms with Crippen LogP contribution >= 0.6 is 0 Å². The van der Waals surface area contributed by atoms with Gasteiger partial charge in [-0.2, -0.15) is 0 Å². The van der Waals surface area contributed by atoms with Crippen molar-refractivity contribution in [1.29, 1.82) is 0 Å². The predicted octanol–water partition coefficient (Wildman–Crippen LogP) is 7.78. The highest BCUT2D eigenvalue weighted by atomic mass is 16.3. The Bertz CT molecular complexity index is 718.